The van der Waals surface area contributed by atoms with Gasteiger partial charge in [0.2, 0.25) is 5.91 Å². The Labute approximate surface area is 137 Å². The molecule has 4 heteroatoms. The standard InChI is InChI=1S/C20H12FNO2/c21-16-8-4-3-6-12(16)14-10-9-13-11-5-1-2-7-15(11)19(23)17(13)18(14)20(22)24/h1-10H,(H2,22,24). The first kappa shape index (κ1) is 14.3. The van der Waals surface area contributed by atoms with E-state index < -0.39 is 11.7 Å². The smallest absolute Gasteiger partial charge is 0.250 e. The van der Waals surface area contributed by atoms with Crippen molar-refractivity contribution in [1.82, 2.24) is 0 Å². The van der Waals surface area contributed by atoms with Crippen molar-refractivity contribution < 1.29 is 14.0 Å². The minimum absolute atomic E-state index is 0.0683. The SMILES string of the molecule is NC(=O)c1c(-c2ccccc2F)ccc2c1C(=O)c1ccccc1-2. The Morgan fingerprint density at radius 2 is 1.33 bits per heavy atom. The summed E-state index contributed by atoms with van der Waals surface area (Å²) in [5, 5.41) is 0. The molecule has 0 saturated carbocycles. The lowest BCUT2D eigenvalue weighted by atomic mass is 9.91. The van der Waals surface area contributed by atoms with Crippen LogP contribution in [0.4, 0.5) is 4.39 Å². The fourth-order valence-corrected chi connectivity index (χ4v) is 3.27. The number of halogens is 1. The topological polar surface area (TPSA) is 60.2 Å². The number of primary amides is 1. The van der Waals surface area contributed by atoms with E-state index in [0.717, 1.165) is 5.56 Å². The van der Waals surface area contributed by atoms with Crippen LogP contribution in [0, 0.1) is 5.82 Å². The van der Waals surface area contributed by atoms with Crippen LogP contribution in [-0.2, 0) is 0 Å². The van der Waals surface area contributed by atoms with Gasteiger partial charge in [0.25, 0.3) is 0 Å². The van der Waals surface area contributed by atoms with Crippen LogP contribution < -0.4 is 5.73 Å². The first-order valence-corrected chi connectivity index (χ1v) is 7.45. The zero-order chi connectivity index (χ0) is 16.8. The van der Waals surface area contributed by atoms with Gasteiger partial charge in [0.15, 0.2) is 5.78 Å². The Balaban J connectivity index is 2.07. The molecule has 1 aliphatic rings. The van der Waals surface area contributed by atoms with Gasteiger partial charge in [0.1, 0.15) is 5.82 Å². The lowest BCUT2D eigenvalue weighted by molar-refractivity contribution is 0.0983. The number of amides is 1. The van der Waals surface area contributed by atoms with Gasteiger partial charge in [0, 0.05) is 16.7 Å². The van der Waals surface area contributed by atoms with E-state index in [9.17, 15) is 14.0 Å². The van der Waals surface area contributed by atoms with Crippen LogP contribution in [0.15, 0.2) is 60.7 Å². The van der Waals surface area contributed by atoms with E-state index in [1.807, 2.05) is 12.1 Å². The van der Waals surface area contributed by atoms with Gasteiger partial charge >= 0.3 is 0 Å². The summed E-state index contributed by atoms with van der Waals surface area (Å²) in [5.41, 5.74) is 8.41. The van der Waals surface area contributed by atoms with Crippen LogP contribution in [-0.4, -0.2) is 11.7 Å². The zero-order valence-electron chi connectivity index (χ0n) is 12.5. The molecule has 0 unspecified atom stereocenters. The normalized spacial score (nSPS) is 12.0. The van der Waals surface area contributed by atoms with Crippen LogP contribution in [0.25, 0.3) is 22.3 Å². The molecule has 1 aliphatic carbocycles. The molecule has 0 bridgehead atoms. The van der Waals surface area contributed by atoms with Crippen molar-refractivity contribution in [2.45, 2.75) is 0 Å². The molecule has 24 heavy (non-hydrogen) atoms. The number of ketones is 1. The fraction of sp³-hybridized carbons (Fsp3) is 0. The predicted octanol–water partition coefficient (Wildman–Crippen LogP) is 3.80. The van der Waals surface area contributed by atoms with Crippen molar-refractivity contribution in [1.29, 1.82) is 0 Å². The summed E-state index contributed by atoms with van der Waals surface area (Å²) < 4.78 is 14.2. The number of hydrogen-bond donors (Lipinski definition) is 1. The van der Waals surface area contributed by atoms with E-state index in [1.165, 1.54) is 6.07 Å². The van der Waals surface area contributed by atoms with Crippen LogP contribution >= 0.6 is 0 Å². The Kier molecular flexibility index (Phi) is 3.06. The molecule has 1 amide bonds. The second kappa shape index (κ2) is 5.13. The summed E-state index contributed by atoms with van der Waals surface area (Å²) in [6.07, 6.45) is 0. The number of carbonyl (C=O) groups is 2. The van der Waals surface area contributed by atoms with Crippen LogP contribution in [0.1, 0.15) is 26.3 Å². The molecule has 0 aromatic heterocycles. The van der Waals surface area contributed by atoms with E-state index in [1.54, 1.807) is 42.5 Å². The van der Waals surface area contributed by atoms with E-state index in [2.05, 4.69) is 0 Å². The molecule has 0 atom stereocenters. The third-order valence-corrected chi connectivity index (χ3v) is 4.30. The molecule has 116 valence electrons. The van der Waals surface area contributed by atoms with Gasteiger partial charge in [0.05, 0.1) is 5.56 Å². The Morgan fingerprint density at radius 3 is 2.00 bits per heavy atom. The minimum atomic E-state index is -0.744. The van der Waals surface area contributed by atoms with Gasteiger partial charge in [-0.3, -0.25) is 9.59 Å². The molecule has 0 saturated heterocycles. The third kappa shape index (κ3) is 1.90. The molecule has 3 aromatic rings. The van der Waals surface area contributed by atoms with E-state index in [-0.39, 0.29) is 22.5 Å². The van der Waals surface area contributed by atoms with Crippen molar-refractivity contribution in [3.05, 3.63) is 83.2 Å². The summed E-state index contributed by atoms with van der Waals surface area (Å²) in [5.74, 6) is -1.47. The van der Waals surface area contributed by atoms with Crippen molar-refractivity contribution in [3.63, 3.8) is 0 Å². The van der Waals surface area contributed by atoms with Gasteiger partial charge in [-0.15, -0.1) is 0 Å². The molecular weight excluding hydrogens is 305 g/mol. The summed E-state index contributed by atoms with van der Waals surface area (Å²) in [6.45, 7) is 0. The van der Waals surface area contributed by atoms with Gasteiger partial charge in [-0.1, -0.05) is 54.6 Å². The third-order valence-electron chi connectivity index (χ3n) is 4.30. The first-order chi connectivity index (χ1) is 11.6. The molecule has 2 N–H and O–H groups in total. The highest BCUT2D eigenvalue weighted by molar-refractivity contribution is 6.27. The molecule has 0 aliphatic heterocycles. The second-order valence-electron chi connectivity index (χ2n) is 5.63. The number of hydrogen-bond acceptors (Lipinski definition) is 2. The predicted molar refractivity (Wildman–Crippen MR) is 89.2 cm³/mol. The highest BCUT2D eigenvalue weighted by atomic mass is 19.1. The zero-order valence-corrected chi connectivity index (χ0v) is 12.5. The highest BCUT2D eigenvalue weighted by Crippen LogP contribution is 2.41. The first-order valence-electron chi connectivity index (χ1n) is 7.45. The van der Waals surface area contributed by atoms with Crippen molar-refractivity contribution in [3.8, 4) is 22.3 Å². The maximum atomic E-state index is 14.2. The van der Waals surface area contributed by atoms with E-state index in [0.29, 0.717) is 16.7 Å². The Hall–Kier alpha value is -3.27. The lowest BCUT2D eigenvalue weighted by Crippen LogP contribution is -2.17. The quantitative estimate of drug-likeness (QED) is 0.611. The summed E-state index contributed by atoms with van der Waals surface area (Å²) in [6, 6.07) is 16.6. The fourth-order valence-electron chi connectivity index (χ4n) is 3.27. The molecule has 3 nitrogen and oxygen atoms in total. The Morgan fingerprint density at radius 1 is 0.750 bits per heavy atom. The molecule has 3 aromatic carbocycles. The van der Waals surface area contributed by atoms with Gasteiger partial charge in [-0.25, -0.2) is 4.39 Å². The van der Waals surface area contributed by atoms with Crippen LogP contribution in [0.5, 0.6) is 0 Å². The minimum Gasteiger partial charge on any atom is -0.366 e. The van der Waals surface area contributed by atoms with E-state index in [4.69, 9.17) is 5.73 Å². The average molecular weight is 317 g/mol. The number of benzene rings is 3. The van der Waals surface area contributed by atoms with Gasteiger partial charge in [-0.05, 0) is 22.8 Å². The maximum Gasteiger partial charge on any atom is 0.250 e. The van der Waals surface area contributed by atoms with Gasteiger partial charge < -0.3 is 5.73 Å². The molecule has 0 spiro atoms. The maximum absolute atomic E-state index is 14.2. The van der Waals surface area contributed by atoms with Crippen molar-refractivity contribution >= 4 is 11.7 Å². The highest BCUT2D eigenvalue weighted by Gasteiger charge is 2.32. The van der Waals surface area contributed by atoms with Crippen molar-refractivity contribution in [2.75, 3.05) is 0 Å². The monoisotopic (exact) mass is 317 g/mol. The number of carbonyl (C=O) groups excluding carboxylic acids is 2. The van der Waals surface area contributed by atoms with Gasteiger partial charge in [-0.2, -0.15) is 0 Å². The van der Waals surface area contributed by atoms with Crippen molar-refractivity contribution in [2.24, 2.45) is 5.73 Å². The van der Waals surface area contributed by atoms with Crippen LogP contribution in [0.3, 0.4) is 0 Å². The number of nitrogens with two attached hydrogens (primary N) is 1. The van der Waals surface area contributed by atoms with E-state index >= 15 is 0 Å². The summed E-state index contributed by atoms with van der Waals surface area (Å²) in [7, 11) is 0. The number of fused-ring (bicyclic) bond motifs is 3. The Bertz CT molecular complexity index is 1020. The molecule has 4 rings (SSSR count). The lowest BCUT2D eigenvalue weighted by Gasteiger charge is -2.12. The summed E-state index contributed by atoms with van der Waals surface area (Å²) >= 11 is 0. The van der Waals surface area contributed by atoms with Crippen LogP contribution in [0.2, 0.25) is 0 Å². The largest absolute Gasteiger partial charge is 0.366 e. The molecule has 0 fully saturated rings. The number of rotatable bonds is 2. The average Bonchev–Trinajstić information content (AvgIpc) is 2.88. The second-order valence-corrected chi connectivity index (χ2v) is 5.63. The molecule has 0 heterocycles. The summed E-state index contributed by atoms with van der Waals surface area (Å²) in [4.78, 5) is 24.9. The molecule has 0 radical (unpaired) electrons. The molecular formula is C20H12FNO2.